The first-order chi connectivity index (χ1) is 21.2. The van der Waals surface area contributed by atoms with Crippen LogP contribution in [0, 0.1) is 20.2 Å². The van der Waals surface area contributed by atoms with Crippen LogP contribution in [0.4, 0.5) is 17.1 Å². The third kappa shape index (κ3) is 6.93. The maximum absolute atomic E-state index is 13.1. The molecule has 4 aromatic rings. The van der Waals surface area contributed by atoms with Crippen molar-refractivity contribution in [1.29, 1.82) is 0 Å². The molecule has 14 nitrogen and oxygen atoms in total. The molecule has 14 heteroatoms. The molecule has 0 atom stereocenters. The number of benzene rings is 3. The Hall–Kier alpha value is -5.50. The Balaban J connectivity index is 1.07. The lowest BCUT2D eigenvalue weighted by atomic mass is 10.1. The Kier molecular flexibility index (Phi) is 9.00. The van der Waals surface area contributed by atoms with Gasteiger partial charge in [0.1, 0.15) is 22.9 Å². The average molecular weight is 603 g/mol. The zero-order valence-corrected chi connectivity index (χ0v) is 23.9. The van der Waals surface area contributed by atoms with Gasteiger partial charge in [0, 0.05) is 61.3 Å². The van der Waals surface area contributed by atoms with Gasteiger partial charge in [0.05, 0.1) is 23.0 Å². The molecule has 1 aliphatic heterocycles. The van der Waals surface area contributed by atoms with E-state index >= 15 is 0 Å². The lowest BCUT2D eigenvalue weighted by Gasteiger charge is -2.34. The lowest BCUT2D eigenvalue weighted by Crippen LogP contribution is -2.49. The number of non-ortho nitro benzene ring substituents is 1. The molecule has 2 heterocycles. The molecule has 1 aromatic heterocycles. The number of H-pyrrole nitrogens is 1. The Bertz CT molecular complexity index is 1700. The van der Waals surface area contributed by atoms with Crippen molar-refractivity contribution in [3.05, 3.63) is 98.2 Å². The highest BCUT2D eigenvalue weighted by atomic mass is 16.6. The first-order valence-corrected chi connectivity index (χ1v) is 13.9. The van der Waals surface area contributed by atoms with Gasteiger partial charge in [-0.2, -0.15) is 0 Å². The monoisotopic (exact) mass is 602 g/mol. The number of nitro benzene ring substituents is 2. The highest BCUT2D eigenvalue weighted by molar-refractivity contribution is 5.95. The van der Waals surface area contributed by atoms with Crippen LogP contribution in [0.15, 0.2) is 66.7 Å². The van der Waals surface area contributed by atoms with E-state index in [4.69, 9.17) is 9.47 Å². The molecule has 0 saturated carbocycles. The van der Waals surface area contributed by atoms with E-state index in [1.165, 1.54) is 19.2 Å². The van der Waals surface area contributed by atoms with Crippen molar-refractivity contribution in [2.45, 2.75) is 6.42 Å². The summed E-state index contributed by atoms with van der Waals surface area (Å²) in [6.45, 7) is 3.73. The summed E-state index contributed by atoms with van der Waals surface area (Å²) in [5.74, 6) is 0.631. The number of carbonyl (C=O) groups is 2. The average Bonchev–Trinajstić information content (AvgIpc) is 3.46. The van der Waals surface area contributed by atoms with E-state index < -0.39 is 15.8 Å². The molecular weight excluding hydrogens is 572 g/mol. The molecule has 1 fully saturated rings. The number of nitrogens with one attached hydrogen (secondary N) is 2. The number of amides is 1. The normalized spacial score (nSPS) is 13.4. The summed E-state index contributed by atoms with van der Waals surface area (Å²) in [5, 5.41) is 26.1. The number of nitro groups is 2. The number of methoxy groups -OCH3 is 1. The minimum absolute atomic E-state index is 0.0634. The fourth-order valence-corrected chi connectivity index (χ4v) is 5.01. The molecule has 5 rings (SSSR count). The Morgan fingerprint density at radius 2 is 1.64 bits per heavy atom. The van der Waals surface area contributed by atoms with Gasteiger partial charge in [-0.1, -0.05) is 0 Å². The van der Waals surface area contributed by atoms with E-state index in [9.17, 15) is 29.8 Å². The van der Waals surface area contributed by atoms with Crippen LogP contribution in [0.25, 0.3) is 10.9 Å². The van der Waals surface area contributed by atoms with E-state index in [-0.39, 0.29) is 23.0 Å². The van der Waals surface area contributed by atoms with Crippen LogP contribution in [0.2, 0.25) is 0 Å². The number of hydrogen-bond acceptors (Lipinski definition) is 10. The van der Waals surface area contributed by atoms with Crippen molar-refractivity contribution in [2.75, 3.05) is 51.7 Å². The second kappa shape index (κ2) is 13.2. The van der Waals surface area contributed by atoms with Gasteiger partial charge >= 0.3 is 5.97 Å². The highest BCUT2D eigenvalue weighted by Crippen LogP contribution is 2.29. The van der Waals surface area contributed by atoms with Crippen molar-refractivity contribution < 1.29 is 28.9 Å². The summed E-state index contributed by atoms with van der Waals surface area (Å²) in [6.07, 6.45) is 0.701. The van der Waals surface area contributed by atoms with Gasteiger partial charge in [0.2, 0.25) is 0 Å². The van der Waals surface area contributed by atoms with Gasteiger partial charge in [0.25, 0.3) is 17.3 Å². The zero-order valence-electron chi connectivity index (χ0n) is 23.9. The van der Waals surface area contributed by atoms with Gasteiger partial charge < -0.3 is 24.7 Å². The van der Waals surface area contributed by atoms with Crippen LogP contribution >= 0.6 is 0 Å². The molecule has 0 spiro atoms. The van der Waals surface area contributed by atoms with Crippen LogP contribution in [0.5, 0.6) is 11.5 Å². The number of aromatic nitrogens is 1. The minimum Gasteiger partial charge on any atom is -0.464 e. The predicted molar refractivity (Wildman–Crippen MR) is 161 cm³/mol. The second-order valence-corrected chi connectivity index (χ2v) is 10.2. The van der Waals surface area contributed by atoms with E-state index in [1.807, 2.05) is 11.0 Å². The number of rotatable bonds is 11. The number of fused-ring (bicyclic) bond motifs is 1. The van der Waals surface area contributed by atoms with Gasteiger partial charge in [-0.3, -0.25) is 29.9 Å². The maximum Gasteiger partial charge on any atom is 0.354 e. The molecule has 228 valence electrons. The van der Waals surface area contributed by atoms with E-state index in [0.29, 0.717) is 61.9 Å². The maximum atomic E-state index is 13.1. The molecule has 3 aromatic carbocycles. The van der Waals surface area contributed by atoms with Crippen LogP contribution in [-0.4, -0.2) is 82.9 Å². The Labute approximate surface area is 251 Å². The SMILES string of the molecule is COC(=O)c1cc2ccc(Oc3ccc(C(=O)N4CCN(CCCNc5ccc([N+](=O)[O-])cc5[N+](=O)[O-])CC4)cc3)cc2[nH]1. The van der Waals surface area contributed by atoms with Gasteiger partial charge in [-0.15, -0.1) is 0 Å². The zero-order chi connectivity index (χ0) is 31.2. The summed E-state index contributed by atoms with van der Waals surface area (Å²) in [7, 11) is 1.32. The molecular formula is C30H30N6O8. The molecule has 44 heavy (non-hydrogen) atoms. The molecule has 1 saturated heterocycles. The van der Waals surface area contributed by atoms with Crippen LogP contribution in [0.3, 0.4) is 0 Å². The van der Waals surface area contributed by atoms with Crippen molar-refractivity contribution in [3.63, 3.8) is 0 Å². The van der Waals surface area contributed by atoms with E-state index in [0.717, 1.165) is 23.5 Å². The number of anilines is 1. The van der Waals surface area contributed by atoms with Crippen molar-refractivity contribution in [2.24, 2.45) is 0 Å². The van der Waals surface area contributed by atoms with Gasteiger partial charge in [0.15, 0.2) is 0 Å². The predicted octanol–water partition coefficient (Wildman–Crippen LogP) is 4.82. The van der Waals surface area contributed by atoms with Crippen molar-refractivity contribution in [1.82, 2.24) is 14.8 Å². The molecule has 0 unspecified atom stereocenters. The number of esters is 1. The number of ether oxygens (including phenoxy) is 2. The summed E-state index contributed by atoms with van der Waals surface area (Å²) in [4.78, 5) is 52.8. The topological polar surface area (TPSA) is 173 Å². The highest BCUT2D eigenvalue weighted by Gasteiger charge is 2.23. The summed E-state index contributed by atoms with van der Waals surface area (Å²) in [6, 6.07) is 17.6. The number of nitrogens with zero attached hydrogens (tertiary/aromatic N) is 4. The van der Waals surface area contributed by atoms with Crippen molar-refractivity contribution in [3.8, 4) is 11.5 Å². The molecule has 1 aliphatic rings. The number of hydrogen-bond donors (Lipinski definition) is 2. The van der Waals surface area contributed by atoms with Crippen LogP contribution < -0.4 is 10.1 Å². The number of carbonyl (C=O) groups excluding carboxylic acids is 2. The smallest absolute Gasteiger partial charge is 0.354 e. The van der Waals surface area contributed by atoms with Crippen molar-refractivity contribution >= 4 is 39.8 Å². The fraction of sp³-hybridized carbons (Fsp3) is 0.267. The summed E-state index contributed by atoms with van der Waals surface area (Å²) < 4.78 is 10.7. The van der Waals surface area contributed by atoms with E-state index in [2.05, 4.69) is 15.2 Å². The third-order valence-electron chi connectivity index (χ3n) is 7.35. The van der Waals surface area contributed by atoms with Gasteiger partial charge in [-0.25, -0.2) is 4.79 Å². The van der Waals surface area contributed by atoms with Gasteiger partial charge in [-0.05, 0) is 61.5 Å². The third-order valence-corrected chi connectivity index (χ3v) is 7.35. The molecule has 1 amide bonds. The van der Waals surface area contributed by atoms with E-state index in [1.54, 1.807) is 42.5 Å². The van der Waals surface area contributed by atoms with Crippen LogP contribution in [0.1, 0.15) is 27.3 Å². The first-order valence-electron chi connectivity index (χ1n) is 13.9. The molecule has 2 N–H and O–H groups in total. The summed E-state index contributed by atoms with van der Waals surface area (Å²) in [5.41, 5.74) is 1.22. The number of piperazine rings is 1. The quantitative estimate of drug-likeness (QED) is 0.105. The minimum atomic E-state index is -0.664. The largest absolute Gasteiger partial charge is 0.464 e. The molecule has 0 radical (unpaired) electrons. The second-order valence-electron chi connectivity index (χ2n) is 10.2. The Morgan fingerprint density at radius 1 is 0.909 bits per heavy atom. The molecule has 0 aliphatic carbocycles. The molecule has 0 bridgehead atoms. The standard InChI is InChI=1S/C30H30N6O8/c1-43-30(38)27-17-21-5-9-24(19-26(21)32-27)44-23-7-3-20(4-8-23)29(37)34-15-13-33(14-16-34)12-2-11-31-25-10-6-22(35(39)40)18-28(25)36(41)42/h3-10,17-19,31-32H,2,11-16H2,1H3. The number of aromatic amines is 1. The Morgan fingerprint density at radius 3 is 2.32 bits per heavy atom. The summed E-state index contributed by atoms with van der Waals surface area (Å²) >= 11 is 0. The van der Waals surface area contributed by atoms with Crippen LogP contribution in [-0.2, 0) is 4.74 Å². The fourth-order valence-electron chi connectivity index (χ4n) is 5.01. The first kappa shape index (κ1) is 30.0. The lowest BCUT2D eigenvalue weighted by molar-refractivity contribution is -0.393.